The van der Waals surface area contributed by atoms with Crippen LogP contribution in [0.2, 0.25) is 0 Å². The van der Waals surface area contributed by atoms with Gasteiger partial charge in [0.25, 0.3) is 0 Å². The molecule has 17 heavy (non-hydrogen) atoms. The summed E-state index contributed by atoms with van der Waals surface area (Å²) in [7, 11) is 0. The van der Waals surface area contributed by atoms with Gasteiger partial charge < -0.3 is 0 Å². The molecule has 0 spiro atoms. The highest BCUT2D eigenvalue weighted by molar-refractivity contribution is 6.21. The first-order valence-corrected chi connectivity index (χ1v) is 7.07. The van der Waals surface area contributed by atoms with E-state index in [9.17, 15) is 0 Å². The van der Waals surface area contributed by atoms with Gasteiger partial charge in [0, 0.05) is 0 Å². The van der Waals surface area contributed by atoms with Gasteiger partial charge in [0.2, 0.25) is 0 Å². The molecule has 2 atom stereocenters. The van der Waals surface area contributed by atoms with Crippen molar-refractivity contribution in [2.75, 3.05) is 0 Å². The van der Waals surface area contributed by atoms with Gasteiger partial charge in [-0.25, -0.2) is 0 Å². The summed E-state index contributed by atoms with van der Waals surface area (Å²) in [5, 5.41) is 0.174. The van der Waals surface area contributed by atoms with Crippen molar-refractivity contribution in [3.8, 4) is 0 Å². The molecule has 1 aromatic rings. The molecule has 0 N–H and O–H groups in total. The Kier molecular flexibility index (Phi) is 3.54. The van der Waals surface area contributed by atoms with Crippen LogP contribution in [0.1, 0.15) is 55.2 Å². The van der Waals surface area contributed by atoms with Gasteiger partial charge in [-0.05, 0) is 49.1 Å². The third-order valence-electron chi connectivity index (χ3n) is 4.42. The fraction of sp³-hybridized carbons (Fsp3) is 0.625. The lowest BCUT2D eigenvalue weighted by molar-refractivity contribution is 0.252. The Morgan fingerprint density at radius 3 is 2.53 bits per heavy atom. The SMILES string of the molecule is Cc1ccc(C(Cl)C2CCCC2(C)C)c(C)c1. The Balaban J connectivity index is 2.28. The molecular formula is C16H23Cl. The van der Waals surface area contributed by atoms with Crippen LogP contribution in [0.5, 0.6) is 0 Å². The van der Waals surface area contributed by atoms with Gasteiger partial charge in [0.1, 0.15) is 0 Å². The van der Waals surface area contributed by atoms with E-state index in [0.717, 1.165) is 0 Å². The second-order valence-corrected chi connectivity index (χ2v) is 6.72. The molecule has 0 heterocycles. The number of hydrogen-bond donors (Lipinski definition) is 0. The summed E-state index contributed by atoms with van der Waals surface area (Å²) < 4.78 is 0. The molecule has 1 aromatic carbocycles. The molecule has 0 aliphatic heterocycles. The predicted octanol–water partition coefficient (Wildman–Crippen LogP) is 5.41. The Bertz CT molecular complexity index is 406. The van der Waals surface area contributed by atoms with Crippen LogP contribution in [0.25, 0.3) is 0 Å². The van der Waals surface area contributed by atoms with E-state index in [1.165, 1.54) is 36.0 Å². The highest BCUT2D eigenvalue weighted by Gasteiger charge is 2.39. The van der Waals surface area contributed by atoms with Crippen LogP contribution >= 0.6 is 11.6 Å². The maximum Gasteiger partial charge on any atom is 0.0621 e. The fourth-order valence-corrected chi connectivity index (χ4v) is 3.96. The molecule has 0 saturated heterocycles. The number of hydrogen-bond acceptors (Lipinski definition) is 0. The molecule has 0 bridgehead atoms. The highest BCUT2D eigenvalue weighted by atomic mass is 35.5. The lowest BCUT2D eigenvalue weighted by Crippen LogP contribution is -2.22. The quantitative estimate of drug-likeness (QED) is 0.616. The average molecular weight is 251 g/mol. The van der Waals surface area contributed by atoms with E-state index in [-0.39, 0.29) is 5.38 Å². The maximum absolute atomic E-state index is 6.75. The van der Waals surface area contributed by atoms with E-state index in [2.05, 4.69) is 45.9 Å². The van der Waals surface area contributed by atoms with E-state index >= 15 is 0 Å². The molecule has 1 saturated carbocycles. The minimum atomic E-state index is 0.174. The summed E-state index contributed by atoms with van der Waals surface area (Å²) in [6, 6.07) is 6.64. The summed E-state index contributed by atoms with van der Waals surface area (Å²) in [4.78, 5) is 0. The number of alkyl halides is 1. The van der Waals surface area contributed by atoms with Crippen LogP contribution in [-0.2, 0) is 0 Å². The largest absolute Gasteiger partial charge is 0.117 e. The van der Waals surface area contributed by atoms with Gasteiger partial charge >= 0.3 is 0 Å². The first-order chi connectivity index (χ1) is 7.92. The Labute approximate surface area is 110 Å². The first kappa shape index (κ1) is 13.0. The van der Waals surface area contributed by atoms with E-state index in [0.29, 0.717) is 11.3 Å². The van der Waals surface area contributed by atoms with Gasteiger partial charge in [0.15, 0.2) is 0 Å². The summed E-state index contributed by atoms with van der Waals surface area (Å²) in [5.74, 6) is 0.616. The standard InChI is InChI=1S/C16H23Cl/c1-11-7-8-13(12(2)10-11)15(17)14-6-5-9-16(14,3)4/h7-8,10,14-15H,5-6,9H2,1-4H3. The van der Waals surface area contributed by atoms with Gasteiger partial charge in [-0.15, -0.1) is 11.6 Å². The van der Waals surface area contributed by atoms with E-state index < -0.39 is 0 Å². The van der Waals surface area contributed by atoms with Crippen molar-refractivity contribution >= 4 is 11.6 Å². The summed E-state index contributed by atoms with van der Waals surface area (Å²) in [6.07, 6.45) is 3.91. The van der Waals surface area contributed by atoms with Crippen molar-refractivity contribution in [3.63, 3.8) is 0 Å². The molecule has 1 fully saturated rings. The third-order valence-corrected chi connectivity index (χ3v) is 4.95. The smallest absolute Gasteiger partial charge is 0.0621 e. The zero-order valence-electron chi connectivity index (χ0n) is 11.4. The molecule has 1 aliphatic carbocycles. The average Bonchev–Trinajstić information content (AvgIpc) is 2.57. The number of aryl methyl sites for hydroxylation is 2. The first-order valence-electron chi connectivity index (χ1n) is 6.63. The third kappa shape index (κ3) is 2.52. The van der Waals surface area contributed by atoms with Crippen molar-refractivity contribution in [2.45, 2.75) is 52.3 Å². The summed E-state index contributed by atoms with van der Waals surface area (Å²) in [5.41, 5.74) is 4.38. The fourth-order valence-electron chi connectivity index (χ4n) is 3.25. The van der Waals surface area contributed by atoms with Crippen molar-refractivity contribution in [3.05, 3.63) is 34.9 Å². The number of halogens is 1. The summed E-state index contributed by atoms with van der Waals surface area (Å²) in [6.45, 7) is 9.05. The molecule has 2 unspecified atom stereocenters. The second-order valence-electron chi connectivity index (χ2n) is 6.25. The van der Waals surface area contributed by atoms with E-state index in [4.69, 9.17) is 11.6 Å². The van der Waals surface area contributed by atoms with E-state index in [1.54, 1.807) is 0 Å². The molecule has 94 valence electrons. The lowest BCUT2D eigenvalue weighted by atomic mass is 9.77. The second kappa shape index (κ2) is 4.65. The lowest BCUT2D eigenvalue weighted by Gasteiger charge is -2.31. The molecule has 1 heteroatoms. The molecular weight excluding hydrogens is 228 g/mol. The van der Waals surface area contributed by atoms with Crippen LogP contribution in [-0.4, -0.2) is 0 Å². The van der Waals surface area contributed by atoms with Crippen molar-refractivity contribution in [1.82, 2.24) is 0 Å². The van der Waals surface area contributed by atoms with Gasteiger partial charge in [-0.1, -0.05) is 44.0 Å². The summed E-state index contributed by atoms with van der Waals surface area (Å²) >= 11 is 6.75. The van der Waals surface area contributed by atoms with Crippen molar-refractivity contribution in [1.29, 1.82) is 0 Å². The van der Waals surface area contributed by atoms with Crippen LogP contribution in [0.3, 0.4) is 0 Å². The topological polar surface area (TPSA) is 0 Å². The van der Waals surface area contributed by atoms with Crippen LogP contribution in [0, 0.1) is 25.2 Å². The Hall–Kier alpha value is -0.490. The molecule has 0 radical (unpaired) electrons. The van der Waals surface area contributed by atoms with Gasteiger partial charge in [0.05, 0.1) is 5.38 Å². The van der Waals surface area contributed by atoms with Crippen LogP contribution in [0.15, 0.2) is 18.2 Å². The number of rotatable bonds is 2. The predicted molar refractivity (Wildman–Crippen MR) is 75.6 cm³/mol. The normalized spacial score (nSPS) is 24.9. The van der Waals surface area contributed by atoms with Crippen molar-refractivity contribution < 1.29 is 0 Å². The van der Waals surface area contributed by atoms with Crippen LogP contribution < -0.4 is 0 Å². The highest BCUT2D eigenvalue weighted by Crippen LogP contribution is 2.51. The number of benzene rings is 1. The monoisotopic (exact) mass is 250 g/mol. The zero-order chi connectivity index (χ0) is 12.6. The van der Waals surface area contributed by atoms with Crippen molar-refractivity contribution in [2.24, 2.45) is 11.3 Å². The minimum absolute atomic E-state index is 0.174. The molecule has 1 aliphatic rings. The maximum atomic E-state index is 6.75. The van der Waals surface area contributed by atoms with Crippen LogP contribution in [0.4, 0.5) is 0 Å². The van der Waals surface area contributed by atoms with E-state index in [1.807, 2.05) is 0 Å². The molecule has 2 rings (SSSR count). The Morgan fingerprint density at radius 1 is 1.29 bits per heavy atom. The van der Waals surface area contributed by atoms with Gasteiger partial charge in [-0.3, -0.25) is 0 Å². The molecule has 0 nitrogen and oxygen atoms in total. The molecule has 0 aromatic heterocycles. The van der Waals surface area contributed by atoms with Gasteiger partial charge in [-0.2, -0.15) is 0 Å². The Morgan fingerprint density at radius 2 is 2.00 bits per heavy atom. The minimum Gasteiger partial charge on any atom is -0.117 e. The molecule has 0 amide bonds. The zero-order valence-corrected chi connectivity index (χ0v) is 12.1.